The molecule has 0 aliphatic heterocycles. The Balaban J connectivity index is 2.01. The van der Waals surface area contributed by atoms with Crippen LogP contribution in [0.2, 0.25) is 0 Å². The second-order valence-electron chi connectivity index (χ2n) is 10.5. The van der Waals surface area contributed by atoms with Crippen LogP contribution in [-0.4, -0.2) is 42.1 Å². The van der Waals surface area contributed by atoms with Crippen LogP contribution in [0.1, 0.15) is 75.4 Å². The van der Waals surface area contributed by atoms with Gasteiger partial charge in [-0.1, -0.05) is 27.4 Å². The highest BCUT2D eigenvalue weighted by Gasteiger charge is 2.37. The molecule has 2 aromatic rings. The van der Waals surface area contributed by atoms with Crippen molar-refractivity contribution in [1.82, 2.24) is 14.1 Å². The van der Waals surface area contributed by atoms with Gasteiger partial charge in [0.1, 0.15) is 6.54 Å². The van der Waals surface area contributed by atoms with E-state index in [9.17, 15) is 26.4 Å². The van der Waals surface area contributed by atoms with Crippen LogP contribution in [0.3, 0.4) is 0 Å². The van der Waals surface area contributed by atoms with Gasteiger partial charge in [0.05, 0.1) is 29.3 Å². The van der Waals surface area contributed by atoms with E-state index < -0.39 is 38.7 Å². The maximum absolute atomic E-state index is 13.8. The number of rotatable bonds is 8. The summed E-state index contributed by atoms with van der Waals surface area (Å²) in [5.74, 6) is -0.455. The van der Waals surface area contributed by atoms with Crippen LogP contribution in [0.25, 0.3) is 5.57 Å². The smallest absolute Gasteiger partial charge is 0.416 e. The molecule has 3 rings (SSSR count). The number of halogens is 3. The molecule has 11 heteroatoms. The lowest BCUT2D eigenvalue weighted by Crippen LogP contribution is -2.33. The molecule has 0 saturated heterocycles. The van der Waals surface area contributed by atoms with E-state index in [1.165, 1.54) is 24.0 Å². The van der Waals surface area contributed by atoms with Gasteiger partial charge in [-0.2, -0.15) is 22.6 Å². The molecule has 1 aliphatic rings. The average molecular weight is 542 g/mol. The fourth-order valence-corrected chi connectivity index (χ4v) is 6.07. The lowest BCUT2D eigenvalue weighted by molar-refractivity contribution is -0.144. The number of benzene rings is 1. The third-order valence-corrected chi connectivity index (χ3v) is 8.16. The van der Waals surface area contributed by atoms with Crippen molar-refractivity contribution in [2.45, 2.75) is 77.0 Å². The molecule has 0 N–H and O–H groups in total. The summed E-state index contributed by atoms with van der Waals surface area (Å²) in [6, 6.07) is 2.25. The SMILES string of the molecule is C=C(CC(C)(C)C)c1cc(C(F)(F)F)cc(S(=O)(=O)N(C)C2CCCc3c2cnn3CC(=O)OCC)c1. The largest absolute Gasteiger partial charge is 0.465 e. The molecule has 7 nitrogen and oxygen atoms in total. The number of carbonyl (C=O) groups excluding carboxylic acids is 1. The average Bonchev–Trinajstić information content (AvgIpc) is 3.19. The Morgan fingerprint density at radius 2 is 1.92 bits per heavy atom. The Bertz CT molecular complexity index is 1280. The first kappa shape index (κ1) is 28.9. The number of hydrogen-bond donors (Lipinski definition) is 0. The van der Waals surface area contributed by atoms with Crippen LogP contribution < -0.4 is 0 Å². The minimum atomic E-state index is -4.73. The molecule has 0 radical (unpaired) electrons. The third kappa shape index (κ3) is 6.62. The number of allylic oxidation sites excluding steroid dienone is 1. The second-order valence-corrected chi connectivity index (χ2v) is 12.5. The zero-order valence-electron chi connectivity index (χ0n) is 21.9. The number of sulfonamides is 1. The van der Waals surface area contributed by atoms with Crippen molar-refractivity contribution in [3.05, 3.63) is 53.4 Å². The molecule has 1 heterocycles. The molecule has 1 aliphatic carbocycles. The fourth-order valence-electron chi connectivity index (χ4n) is 4.63. The minimum Gasteiger partial charge on any atom is -0.465 e. The number of ether oxygens (including phenoxy) is 1. The first-order valence-electron chi connectivity index (χ1n) is 12.1. The summed E-state index contributed by atoms with van der Waals surface area (Å²) >= 11 is 0. The Kier molecular flexibility index (Phi) is 8.28. The summed E-state index contributed by atoms with van der Waals surface area (Å²) in [5, 5.41) is 4.26. The van der Waals surface area contributed by atoms with Crippen LogP contribution in [0, 0.1) is 5.41 Å². The van der Waals surface area contributed by atoms with Gasteiger partial charge >= 0.3 is 12.1 Å². The predicted molar refractivity (Wildman–Crippen MR) is 134 cm³/mol. The topological polar surface area (TPSA) is 81.5 Å². The zero-order chi connectivity index (χ0) is 27.8. The predicted octanol–water partition coefficient (Wildman–Crippen LogP) is 5.61. The van der Waals surface area contributed by atoms with Crippen LogP contribution in [0.15, 0.2) is 35.9 Å². The number of alkyl halides is 3. The van der Waals surface area contributed by atoms with Gasteiger partial charge in [-0.25, -0.2) is 8.42 Å². The van der Waals surface area contributed by atoms with Gasteiger partial charge in [-0.3, -0.25) is 9.48 Å². The maximum Gasteiger partial charge on any atom is 0.416 e. The van der Waals surface area contributed by atoms with E-state index in [1.54, 1.807) is 6.92 Å². The normalized spacial score (nSPS) is 16.5. The van der Waals surface area contributed by atoms with E-state index in [-0.39, 0.29) is 24.1 Å². The van der Waals surface area contributed by atoms with Gasteiger partial charge < -0.3 is 4.74 Å². The highest BCUT2D eigenvalue weighted by Crippen LogP contribution is 2.39. The van der Waals surface area contributed by atoms with Crippen LogP contribution in [0.5, 0.6) is 0 Å². The summed E-state index contributed by atoms with van der Waals surface area (Å²) in [7, 11) is -2.96. The molecule has 1 unspecified atom stereocenters. The molecule has 0 bridgehead atoms. The molecule has 37 heavy (non-hydrogen) atoms. The molecule has 1 aromatic carbocycles. The summed E-state index contributed by atoms with van der Waals surface area (Å²) in [4.78, 5) is 11.5. The first-order valence-corrected chi connectivity index (χ1v) is 13.6. The van der Waals surface area contributed by atoms with Gasteiger partial charge in [0.2, 0.25) is 10.0 Å². The maximum atomic E-state index is 13.8. The lowest BCUT2D eigenvalue weighted by Gasteiger charge is -2.31. The molecular weight excluding hydrogens is 507 g/mol. The molecule has 1 aromatic heterocycles. The summed E-state index contributed by atoms with van der Waals surface area (Å²) < 4.78 is 76.2. The van der Waals surface area contributed by atoms with E-state index in [4.69, 9.17) is 4.74 Å². The molecule has 204 valence electrons. The minimum absolute atomic E-state index is 0.0980. The summed E-state index contributed by atoms with van der Waals surface area (Å²) in [6.07, 6.45) is -1.12. The summed E-state index contributed by atoms with van der Waals surface area (Å²) in [5.41, 5.74) is 0.629. The number of fused-ring (bicyclic) bond motifs is 1. The van der Waals surface area contributed by atoms with Crippen LogP contribution >= 0.6 is 0 Å². The molecule has 0 saturated carbocycles. The third-order valence-electron chi connectivity index (χ3n) is 6.32. The fraction of sp³-hybridized carbons (Fsp3) is 0.538. The lowest BCUT2D eigenvalue weighted by atomic mass is 9.85. The van der Waals surface area contributed by atoms with Crippen LogP contribution in [0.4, 0.5) is 13.2 Å². The first-order chi connectivity index (χ1) is 17.0. The van der Waals surface area contributed by atoms with Crippen molar-refractivity contribution in [2.24, 2.45) is 5.41 Å². The number of aromatic nitrogens is 2. The van der Waals surface area contributed by atoms with Gasteiger partial charge in [0, 0.05) is 18.3 Å². The van der Waals surface area contributed by atoms with E-state index in [2.05, 4.69) is 11.7 Å². The van der Waals surface area contributed by atoms with Gasteiger partial charge in [-0.05, 0) is 67.4 Å². The second kappa shape index (κ2) is 10.6. The van der Waals surface area contributed by atoms with E-state index in [1.807, 2.05) is 20.8 Å². The Morgan fingerprint density at radius 3 is 2.51 bits per heavy atom. The van der Waals surface area contributed by atoms with Gasteiger partial charge in [-0.15, -0.1) is 0 Å². The van der Waals surface area contributed by atoms with E-state index in [0.29, 0.717) is 42.9 Å². The van der Waals surface area contributed by atoms with Crippen molar-refractivity contribution in [3.63, 3.8) is 0 Å². The Labute approximate surface area is 216 Å². The number of hydrogen-bond acceptors (Lipinski definition) is 5. The monoisotopic (exact) mass is 541 g/mol. The van der Waals surface area contributed by atoms with Crippen molar-refractivity contribution in [3.8, 4) is 0 Å². The molecule has 0 fully saturated rings. The van der Waals surface area contributed by atoms with E-state index >= 15 is 0 Å². The highest BCUT2D eigenvalue weighted by atomic mass is 32.2. The van der Waals surface area contributed by atoms with Crippen molar-refractivity contribution in [2.75, 3.05) is 13.7 Å². The Morgan fingerprint density at radius 1 is 1.24 bits per heavy atom. The van der Waals surface area contributed by atoms with E-state index in [0.717, 1.165) is 16.1 Å². The number of nitrogens with zero attached hydrogens (tertiary/aromatic N) is 3. The zero-order valence-corrected chi connectivity index (χ0v) is 22.7. The van der Waals surface area contributed by atoms with Crippen LogP contribution in [-0.2, 0) is 38.7 Å². The van der Waals surface area contributed by atoms with Crippen molar-refractivity contribution >= 4 is 21.6 Å². The molecule has 1 atom stereocenters. The molecular formula is C26H34F3N3O4S. The van der Waals surface area contributed by atoms with Gasteiger partial charge in [0.25, 0.3) is 0 Å². The molecule has 0 amide bonds. The quantitative estimate of drug-likeness (QED) is 0.406. The molecule has 0 spiro atoms. The standard InChI is InChI=1S/C26H34F3N3O4S/c1-7-36-24(33)16-32-23-10-8-9-22(21(23)15-30-32)31(6)37(34,35)20-12-18(17(2)14-25(3,4)5)11-19(13-20)26(27,28)29/h11-13,15,22H,2,7-10,14,16H2,1,3-6H3. The van der Waals surface area contributed by atoms with Crippen molar-refractivity contribution < 1.29 is 31.1 Å². The number of carbonyl (C=O) groups is 1. The number of esters is 1. The van der Waals surface area contributed by atoms with Gasteiger partial charge in [0.15, 0.2) is 0 Å². The highest BCUT2D eigenvalue weighted by molar-refractivity contribution is 7.89. The summed E-state index contributed by atoms with van der Waals surface area (Å²) in [6.45, 7) is 11.6. The van der Waals surface area contributed by atoms with Crippen molar-refractivity contribution in [1.29, 1.82) is 0 Å². The Hall–Kier alpha value is -2.66.